The molecule has 0 aromatic carbocycles. The minimum absolute atomic E-state index is 0.600. The molecule has 3 rings (SSSR count). The van der Waals surface area contributed by atoms with Gasteiger partial charge in [0.15, 0.2) is 0 Å². The number of aromatic nitrogens is 1. The van der Waals surface area contributed by atoms with Gasteiger partial charge >= 0.3 is 0 Å². The maximum absolute atomic E-state index is 3.48. The molecular weight excluding hydrogens is 174 g/mol. The highest BCUT2D eigenvalue weighted by Gasteiger charge is 2.35. The smallest absolute Gasteiger partial charge is 0.0491 e. The number of H-pyrrole nitrogens is 1. The van der Waals surface area contributed by atoms with Crippen LogP contribution in [-0.4, -0.2) is 35.6 Å². The SMILES string of the molecule is c1cc(C2CNCCN2C2CC2)c[nH]1. The van der Waals surface area contributed by atoms with E-state index in [0.29, 0.717) is 6.04 Å². The molecule has 0 radical (unpaired) electrons. The van der Waals surface area contributed by atoms with Gasteiger partial charge in [0.25, 0.3) is 0 Å². The van der Waals surface area contributed by atoms with Crippen LogP contribution < -0.4 is 5.32 Å². The number of piperazine rings is 1. The van der Waals surface area contributed by atoms with E-state index >= 15 is 0 Å². The lowest BCUT2D eigenvalue weighted by Crippen LogP contribution is -2.46. The standard InChI is InChI=1S/C11H17N3/c1-2-10(1)14-6-5-13-8-11(14)9-3-4-12-7-9/h3-4,7,10-13H,1-2,5-6,8H2. The highest BCUT2D eigenvalue weighted by atomic mass is 15.3. The molecule has 2 N–H and O–H groups in total. The lowest BCUT2D eigenvalue weighted by atomic mass is 10.1. The van der Waals surface area contributed by atoms with Gasteiger partial charge in [0, 0.05) is 44.1 Å². The van der Waals surface area contributed by atoms with Crippen molar-refractivity contribution in [1.82, 2.24) is 15.2 Å². The average molecular weight is 191 g/mol. The molecule has 76 valence electrons. The summed E-state index contributed by atoms with van der Waals surface area (Å²) < 4.78 is 0. The van der Waals surface area contributed by atoms with E-state index in [-0.39, 0.29) is 0 Å². The molecule has 1 aromatic heterocycles. The average Bonchev–Trinajstić information content (AvgIpc) is 2.94. The van der Waals surface area contributed by atoms with Gasteiger partial charge in [-0.3, -0.25) is 4.90 Å². The Bertz CT molecular complexity index is 289. The summed E-state index contributed by atoms with van der Waals surface area (Å²) >= 11 is 0. The first-order valence-electron chi connectivity index (χ1n) is 5.54. The maximum Gasteiger partial charge on any atom is 0.0491 e. The number of aromatic amines is 1. The van der Waals surface area contributed by atoms with Crippen LogP contribution in [0.1, 0.15) is 24.4 Å². The van der Waals surface area contributed by atoms with Crippen LogP contribution in [0.3, 0.4) is 0 Å². The number of nitrogens with one attached hydrogen (secondary N) is 2. The second-order valence-corrected chi connectivity index (χ2v) is 4.33. The molecule has 0 spiro atoms. The van der Waals surface area contributed by atoms with E-state index in [1.54, 1.807) is 0 Å². The third-order valence-electron chi connectivity index (χ3n) is 3.31. The van der Waals surface area contributed by atoms with Crippen molar-refractivity contribution in [1.29, 1.82) is 0 Å². The van der Waals surface area contributed by atoms with Gasteiger partial charge in [-0.1, -0.05) is 0 Å². The maximum atomic E-state index is 3.48. The summed E-state index contributed by atoms with van der Waals surface area (Å²) in [5, 5.41) is 3.48. The lowest BCUT2D eigenvalue weighted by Gasteiger charge is -2.36. The summed E-state index contributed by atoms with van der Waals surface area (Å²) in [6, 6.07) is 3.67. The quantitative estimate of drug-likeness (QED) is 0.734. The summed E-state index contributed by atoms with van der Waals surface area (Å²) in [4.78, 5) is 5.82. The molecule has 14 heavy (non-hydrogen) atoms. The first-order chi connectivity index (χ1) is 6.95. The van der Waals surface area contributed by atoms with E-state index in [9.17, 15) is 0 Å². The van der Waals surface area contributed by atoms with Crippen LogP contribution in [0.2, 0.25) is 0 Å². The van der Waals surface area contributed by atoms with Gasteiger partial charge in [0.1, 0.15) is 0 Å². The van der Waals surface area contributed by atoms with Crippen LogP contribution in [0.5, 0.6) is 0 Å². The Morgan fingerprint density at radius 1 is 1.36 bits per heavy atom. The summed E-state index contributed by atoms with van der Waals surface area (Å²) in [5.74, 6) is 0. The molecule has 2 aliphatic rings. The normalized spacial score (nSPS) is 29.3. The van der Waals surface area contributed by atoms with Crippen molar-refractivity contribution in [3.63, 3.8) is 0 Å². The molecule has 1 unspecified atom stereocenters. The summed E-state index contributed by atoms with van der Waals surface area (Å²) in [7, 11) is 0. The van der Waals surface area contributed by atoms with Crippen molar-refractivity contribution >= 4 is 0 Å². The molecule has 1 aromatic rings. The third kappa shape index (κ3) is 1.47. The molecule has 1 aliphatic carbocycles. The van der Waals surface area contributed by atoms with Gasteiger partial charge in [0.2, 0.25) is 0 Å². The van der Waals surface area contributed by atoms with Crippen molar-refractivity contribution in [2.75, 3.05) is 19.6 Å². The van der Waals surface area contributed by atoms with E-state index in [2.05, 4.69) is 27.5 Å². The van der Waals surface area contributed by atoms with Crippen molar-refractivity contribution < 1.29 is 0 Å². The van der Waals surface area contributed by atoms with Crippen LogP contribution in [0, 0.1) is 0 Å². The minimum Gasteiger partial charge on any atom is -0.367 e. The van der Waals surface area contributed by atoms with Crippen LogP contribution >= 0.6 is 0 Å². The van der Waals surface area contributed by atoms with E-state index in [1.165, 1.54) is 24.9 Å². The molecule has 1 saturated heterocycles. The fourth-order valence-electron chi connectivity index (χ4n) is 2.42. The molecule has 1 saturated carbocycles. The van der Waals surface area contributed by atoms with Crippen molar-refractivity contribution in [3.8, 4) is 0 Å². The number of rotatable bonds is 2. The number of nitrogens with zero attached hydrogens (tertiary/aromatic N) is 1. The second kappa shape index (κ2) is 3.41. The predicted octanol–water partition coefficient (Wildman–Crippen LogP) is 1.12. The molecule has 3 heteroatoms. The van der Waals surface area contributed by atoms with E-state index in [0.717, 1.165) is 19.1 Å². The Kier molecular flexibility index (Phi) is 2.07. The van der Waals surface area contributed by atoms with Crippen LogP contribution in [0.25, 0.3) is 0 Å². The zero-order chi connectivity index (χ0) is 9.38. The zero-order valence-corrected chi connectivity index (χ0v) is 8.37. The number of hydrogen-bond donors (Lipinski definition) is 2. The van der Waals surface area contributed by atoms with Crippen molar-refractivity contribution in [2.24, 2.45) is 0 Å². The summed E-state index contributed by atoms with van der Waals surface area (Å²) in [6.45, 7) is 3.46. The Morgan fingerprint density at radius 3 is 3.00 bits per heavy atom. The van der Waals surface area contributed by atoms with Gasteiger partial charge in [-0.15, -0.1) is 0 Å². The topological polar surface area (TPSA) is 31.1 Å². The molecule has 3 nitrogen and oxygen atoms in total. The first-order valence-corrected chi connectivity index (χ1v) is 5.54. The van der Waals surface area contributed by atoms with Gasteiger partial charge in [-0.05, 0) is 24.5 Å². The highest BCUT2D eigenvalue weighted by Crippen LogP contribution is 2.34. The Hall–Kier alpha value is -0.800. The Labute approximate surface area is 84.5 Å². The van der Waals surface area contributed by atoms with Crippen molar-refractivity contribution in [2.45, 2.75) is 24.9 Å². The zero-order valence-electron chi connectivity index (χ0n) is 8.37. The largest absolute Gasteiger partial charge is 0.367 e. The number of hydrogen-bond acceptors (Lipinski definition) is 2. The van der Waals surface area contributed by atoms with Gasteiger partial charge < -0.3 is 10.3 Å². The monoisotopic (exact) mass is 191 g/mol. The van der Waals surface area contributed by atoms with Crippen LogP contribution in [0.4, 0.5) is 0 Å². The van der Waals surface area contributed by atoms with Crippen LogP contribution in [0.15, 0.2) is 18.5 Å². The van der Waals surface area contributed by atoms with Gasteiger partial charge in [-0.25, -0.2) is 0 Å². The molecule has 2 fully saturated rings. The summed E-state index contributed by atoms with van der Waals surface area (Å²) in [6.07, 6.45) is 6.96. The highest BCUT2D eigenvalue weighted by molar-refractivity contribution is 5.16. The third-order valence-corrected chi connectivity index (χ3v) is 3.31. The van der Waals surface area contributed by atoms with E-state index < -0.39 is 0 Å². The van der Waals surface area contributed by atoms with Crippen LogP contribution in [-0.2, 0) is 0 Å². The van der Waals surface area contributed by atoms with Crippen molar-refractivity contribution in [3.05, 3.63) is 24.0 Å². The molecule has 1 atom stereocenters. The minimum atomic E-state index is 0.600. The molecule has 0 amide bonds. The molecule has 0 bridgehead atoms. The Balaban J connectivity index is 1.80. The fraction of sp³-hybridized carbons (Fsp3) is 0.636. The summed E-state index contributed by atoms with van der Waals surface area (Å²) in [5.41, 5.74) is 1.43. The van der Waals surface area contributed by atoms with Gasteiger partial charge in [0.05, 0.1) is 0 Å². The Morgan fingerprint density at radius 2 is 2.29 bits per heavy atom. The fourth-order valence-corrected chi connectivity index (χ4v) is 2.42. The van der Waals surface area contributed by atoms with E-state index in [4.69, 9.17) is 0 Å². The lowest BCUT2D eigenvalue weighted by molar-refractivity contribution is 0.153. The second-order valence-electron chi connectivity index (χ2n) is 4.33. The predicted molar refractivity (Wildman–Crippen MR) is 56.1 cm³/mol. The molecule has 1 aliphatic heterocycles. The molecule has 2 heterocycles. The van der Waals surface area contributed by atoms with Gasteiger partial charge in [-0.2, -0.15) is 0 Å². The van der Waals surface area contributed by atoms with E-state index in [1.807, 2.05) is 6.20 Å². The first kappa shape index (κ1) is 8.50. The molecular formula is C11H17N3.